The van der Waals surface area contributed by atoms with Gasteiger partial charge in [-0.05, 0) is 12.0 Å². The molecular weight excluding hydrogens is 403 g/mol. The van der Waals surface area contributed by atoms with Crippen LogP contribution in [0.2, 0.25) is 0 Å². The number of carbonyl (C=O) groups excluding carboxylic acids is 1. The van der Waals surface area contributed by atoms with E-state index in [4.69, 9.17) is 5.73 Å². The lowest BCUT2D eigenvalue weighted by molar-refractivity contribution is -0.121. The number of carbonyl (C=O) groups is 1. The smallest absolute Gasteiger partial charge is 0.222 e. The van der Waals surface area contributed by atoms with Crippen LogP contribution in [-0.2, 0) is 11.3 Å². The van der Waals surface area contributed by atoms with Crippen molar-refractivity contribution in [2.45, 2.75) is 45.6 Å². The molecule has 23 heavy (non-hydrogen) atoms. The molecular formula is C17H29IN4O. The molecule has 5 nitrogen and oxygen atoms in total. The molecule has 0 saturated carbocycles. The Balaban J connectivity index is 0.00000484. The topological polar surface area (TPSA) is 79.5 Å². The van der Waals surface area contributed by atoms with Crippen molar-refractivity contribution in [2.24, 2.45) is 10.7 Å². The fourth-order valence-electron chi connectivity index (χ4n) is 1.98. The van der Waals surface area contributed by atoms with E-state index in [1.54, 1.807) is 0 Å². The zero-order valence-electron chi connectivity index (χ0n) is 13.9. The monoisotopic (exact) mass is 432 g/mol. The zero-order chi connectivity index (χ0) is 16.0. The van der Waals surface area contributed by atoms with Crippen LogP contribution in [0.25, 0.3) is 0 Å². The van der Waals surface area contributed by atoms with Crippen LogP contribution in [0.5, 0.6) is 0 Å². The first kappa shape index (κ1) is 21.7. The van der Waals surface area contributed by atoms with E-state index in [2.05, 4.69) is 22.5 Å². The van der Waals surface area contributed by atoms with E-state index in [1.807, 2.05) is 30.3 Å². The Morgan fingerprint density at radius 1 is 1.13 bits per heavy atom. The molecule has 0 radical (unpaired) electrons. The maximum atomic E-state index is 11.7. The Morgan fingerprint density at radius 3 is 2.57 bits per heavy atom. The molecule has 1 amide bonds. The summed E-state index contributed by atoms with van der Waals surface area (Å²) < 4.78 is 0. The number of hydrogen-bond acceptors (Lipinski definition) is 2. The first-order chi connectivity index (χ1) is 10.7. The maximum Gasteiger partial charge on any atom is 0.222 e. The molecule has 0 aliphatic heterocycles. The predicted octanol–water partition coefficient (Wildman–Crippen LogP) is 2.80. The molecule has 4 N–H and O–H groups in total. The van der Waals surface area contributed by atoms with Gasteiger partial charge in [0, 0.05) is 26.1 Å². The van der Waals surface area contributed by atoms with Crippen LogP contribution in [0.15, 0.2) is 35.3 Å². The van der Waals surface area contributed by atoms with Gasteiger partial charge in [-0.25, -0.2) is 0 Å². The third-order valence-corrected chi connectivity index (χ3v) is 3.28. The largest absolute Gasteiger partial charge is 0.370 e. The third-order valence-electron chi connectivity index (χ3n) is 3.28. The van der Waals surface area contributed by atoms with Crippen molar-refractivity contribution in [3.8, 4) is 0 Å². The first-order valence-corrected chi connectivity index (χ1v) is 8.06. The predicted molar refractivity (Wildman–Crippen MR) is 107 cm³/mol. The van der Waals surface area contributed by atoms with E-state index in [1.165, 1.54) is 19.3 Å². The lowest BCUT2D eigenvalue weighted by atomic mass is 10.2. The van der Waals surface area contributed by atoms with E-state index in [-0.39, 0.29) is 29.9 Å². The van der Waals surface area contributed by atoms with Crippen LogP contribution in [0.3, 0.4) is 0 Å². The first-order valence-electron chi connectivity index (χ1n) is 8.06. The Bertz CT molecular complexity index is 451. The van der Waals surface area contributed by atoms with Crippen molar-refractivity contribution >= 4 is 35.8 Å². The number of hydrogen-bond donors (Lipinski definition) is 3. The van der Waals surface area contributed by atoms with Crippen LogP contribution in [0, 0.1) is 0 Å². The Morgan fingerprint density at radius 2 is 1.87 bits per heavy atom. The van der Waals surface area contributed by atoms with E-state index in [0.29, 0.717) is 25.5 Å². The molecule has 0 bridgehead atoms. The highest BCUT2D eigenvalue weighted by molar-refractivity contribution is 14.0. The quantitative estimate of drug-likeness (QED) is 0.230. The number of amides is 1. The number of unbranched alkanes of at least 4 members (excludes halogenated alkanes) is 3. The summed E-state index contributed by atoms with van der Waals surface area (Å²) in [5, 5.41) is 5.85. The van der Waals surface area contributed by atoms with E-state index < -0.39 is 0 Å². The van der Waals surface area contributed by atoms with E-state index in [9.17, 15) is 4.79 Å². The third kappa shape index (κ3) is 11.9. The van der Waals surface area contributed by atoms with Gasteiger partial charge in [0.1, 0.15) is 0 Å². The molecule has 0 saturated heterocycles. The average Bonchev–Trinajstić information content (AvgIpc) is 2.54. The molecule has 0 unspecified atom stereocenters. The molecule has 1 rings (SSSR count). The second-order valence-electron chi connectivity index (χ2n) is 5.27. The summed E-state index contributed by atoms with van der Waals surface area (Å²) in [4.78, 5) is 15.9. The number of rotatable bonds is 10. The Labute approximate surface area is 156 Å². The van der Waals surface area contributed by atoms with E-state index >= 15 is 0 Å². The summed E-state index contributed by atoms with van der Waals surface area (Å²) in [6.45, 7) is 3.99. The number of nitrogens with two attached hydrogens (primary N) is 1. The molecule has 0 atom stereocenters. The summed E-state index contributed by atoms with van der Waals surface area (Å²) in [7, 11) is 0. The van der Waals surface area contributed by atoms with Crippen LogP contribution >= 0.6 is 24.0 Å². The van der Waals surface area contributed by atoms with Gasteiger partial charge in [0.25, 0.3) is 0 Å². The molecule has 0 fully saturated rings. The fourth-order valence-corrected chi connectivity index (χ4v) is 1.98. The summed E-state index contributed by atoms with van der Waals surface area (Å²) in [6, 6.07) is 9.85. The number of nitrogens with zero attached hydrogens (tertiary/aromatic N) is 1. The lowest BCUT2D eigenvalue weighted by Gasteiger charge is -2.07. The van der Waals surface area contributed by atoms with E-state index in [0.717, 1.165) is 18.5 Å². The molecule has 130 valence electrons. The number of benzene rings is 1. The lowest BCUT2D eigenvalue weighted by Crippen LogP contribution is -2.35. The minimum absolute atomic E-state index is 0. The van der Waals surface area contributed by atoms with Crippen molar-refractivity contribution in [3.63, 3.8) is 0 Å². The highest BCUT2D eigenvalue weighted by atomic mass is 127. The summed E-state index contributed by atoms with van der Waals surface area (Å²) in [6.07, 6.45) is 5.10. The van der Waals surface area contributed by atoms with Gasteiger partial charge in [-0.1, -0.05) is 56.5 Å². The Kier molecular flexibility index (Phi) is 13.5. The van der Waals surface area contributed by atoms with Crippen molar-refractivity contribution in [3.05, 3.63) is 35.9 Å². The molecule has 0 aliphatic carbocycles. The van der Waals surface area contributed by atoms with Crippen molar-refractivity contribution in [1.82, 2.24) is 10.6 Å². The second kappa shape index (κ2) is 14.3. The van der Waals surface area contributed by atoms with Gasteiger partial charge in [-0.2, -0.15) is 0 Å². The normalized spacial score (nSPS) is 10.7. The van der Waals surface area contributed by atoms with Gasteiger partial charge in [0.2, 0.25) is 5.91 Å². The van der Waals surface area contributed by atoms with Crippen molar-refractivity contribution < 1.29 is 4.79 Å². The SMILES string of the molecule is CCCCCCN=C(N)NCCC(=O)NCc1ccccc1.I. The fraction of sp³-hybridized carbons (Fsp3) is 0.529. The van der Waals surface area contributed by atoms with Crippen molar-refractivity contribution in [1.29, 1.82) is 0 Å². The minimum Gasteiger partial charge on any atom is -0.370 e. The minimum atomic E-state index is 0. The van der Waals surface area contributed by atoms with Gasteiger partial charge in [0.05, 0.1) is 0 Å². The van der Waals surface area contributed by atoms with Crippen LogP contribution in [-0.4, -0.2) is 25.0 Å². The summed E-state index contributed by atoms with van der Waals surface area (Å²) >= 11 is 0. The van der Waals surface area contributed by atoms with Gasteiger partial charge in [0.15, 0.2) is 5.96 Å². The summed E-state index contributed by atoms with van der Waals surface area (Å²) in [5.41, 5.74) is 6.84. The Hall–Kier alpha value is -1.31. The molecule has 0 heterocycles. The van der Waals surface area contributed by atoms with Crippen LogP contribution in [0.4, 0.5) is 0 Å². The molecule has 0 aromatic heterocycles. The van der Waals surface area contributed by atoms with Gasteiger partial charge in [-0.3, -0.25) is 9.79 Å². The zero-order valence-corrected chi connectivity index (χ0v) is 16.2. The van der Waals surface area contributed by atoms with Gasteiger partial charge in [-0.15, -0.1) is 24.0 Å². The van der Waals surface area contributed by atoms with Crippen molar-refractivity contribution in [2.75, 3.05) is 13.1 Å². The summed E-state index contributed by atoms with van der Waals surface area (Å²) in [5.74, 6) is 0.430. The van der Waals surface area contributed by atoms with Crippen LogP contribution in [0.1, 0.15) is 44.6 Å². The highest BCUT2D eigenvalue weighted by Crippen LogP contribution is 1.98. The molecule has 0 spiro atoms. The number of guanidine groups is 1. The maximum absolute atomic E-state index is 11.7. The van der Waals surface area contributed by atoms with Crippen LogP contribution < -0.4 is 16.4 Å². The number of aliphatic imine (C=N–C) groups is 1. The van der Waals surface area contributed by atoms with Gasteiger partial charge < -0.3 is 16.4 Å². The molecule has 1 aromatic rings. The average molecular weight is 432 g/mol. The standard InChI is InChI=1S/C17H28N4O.HI/c1-2-3-4-8-12-19-17(18)20-13-11-16(22)21-14-15-9-6-5-7-10-15;/h5-7,9-10H,2-4,8,11-14H2,1H3,(H,21,22)(H3,18,19,20);1H. The number of nitrogens with one attached hydrogen (secondary N) is 2. The highest BCUT2D eigenvalue weighted by Gasteiger charge is 2.01. The number of halogens is 1. The second-order valence-corrected chi connectivity index (χ2v) is 5.27. The van der Waals surface area contributed by atoms with Gasteiger partial charge >= 0.3 is 0 Å². The molecule has 0 aliphatic rings. The molecule has 1 aromatic carbocycles. The molecule has 6 heteroatoms.